The monoisotopic (exact) mass is 231 g/mol. The van der Waals surface area contributed by atoms with E-state index >= 15 is 0 Å². The molecule has 2 rings (SSSR count). The Balaban J connectivity index is 2.07. The molecular weight excluding hydrogens is 210 g/mol. The standard InChI is InChI=1S/C15H21NO/c1-12-9-14(11-16-10-12)15(17)13-7-5-3-2-4-6-8-13/h9-11,13H,2-8H2,1H3. The number of ketones is 1. The Hall–Kier alpha value is -1.18. The maximum absolute atomic E-state index is 12.4. The summed E-state index contributed by atoms with van der Waals surface area (Å²) in [5, 5.41) is 0. The fourth-order valence-corrected chi connectivity index (χ4v) is 2.64. The number of Topliss-reactive ketones (excluding diaryl/α,β-unsaturated/α-hetero) is 1. The molecule has 0 N–H and O–H groups in total. The predicted octanol–water partition coefficient (Wildman–Crippen LogP) is 3.93. The van der Waals surface area contributed by atoms with Gasteiger partial charge in [0.1, 0.15) is 0 Å². The van der Waals surface area contributed by atoms with Gasteiger partial charge < -0.3 is 0 Å². The van der Waals surface area contributed by atoms with Gasteiger partial charge in [0.25, 0.3) is 0 Å². The minimum absolute atomic E-state index is 0.235. The molecule has 0 aromatic carbocycles. The molecule has 0 saturated heterocycles. The lowest BCUT2D eigenvalue weighted by molar-refractivity contribution is 0.0898. The Morgan fingerprint density at radius 1 is 1.12 bits per heavy atom. The van der Waals surface area contributed by atoms with E-state index in [1.807, 2.05) is 13.0 Å². The third-order valence-corrected chi connectivity index (χ3v) is 3.64. The fourth-order valence-electron chi connectivity index (χ4n) is 2.64. The zero-order valence-corrected chi connectivity index (χ0v) is 10.6. The summed E-state index contributed by atoms with van der Waals surface area (Å²) < 4.78 is 0. The van der Waals surface area contributed by atoms with Crippen LogP contribution in [-0.4, -0.2) is 10.8 Å². The van der Waals surface area contributed by atoms with E-state index in [0.717, 1.165) is 24.0 Å². The van der Waals surface area contributed by atoms with E-state index in [9.17, 15) is 4.79 Å². The Morgan fingerprint density at radius 3 is 2.41 bits per heavy atom. The van der Waals surface area contributed by atoms with Gasteiger partial charge in [-0.25, -0.2) is 0 Å². The summed E-state index contributed by atoms with van der Waals surface area (Å²) in [6.07, 6.45) is 12.0. The van der Waals surface area contributed by atoms with E-state index in [2.05, 4.69) is 4.98 Å². The van der Waals surface area contributed by atoms with Crippen LogP contribution in [-0.2, 0) is 0 Å². The van der Waals surface area contributed by atoms with Crippen LogP contribution in [0.4, 0.5) is 0 Å². The predicted molar refractivity (Wildman–Crippen MR) is 69.1 cm³/mol. The highest BCUT2D eigenvalue weighted by Gasteiger charge is 2.20. The minimum atomic E-state index is 0.235. The third-order valence-electron chi connectivity index (χ3n) is 3.64. The van der Waals surface area contributed by atoms with Crippen molar-refractivity contribution in [1.82, 2.24) is 4.98 Å². The number of pyridine rings is 1. The highest BCUT2D eigenvalue weighted by Crippen LogP contribution is 2.25. The van der Waals surface area contributed by atoms with E-state index < -0.39 is 0 Å². The van der Waals surface area contributed by atoms with E-state index in [0.29, 0.717) is 5.78 Å². The maximum Gasteiger partial charge on any atom is 0.167 e. The summed E-state index contributed by atoms with van der Waals surface area (Å²) in [5.74, 6) is 0.544. The van der Waals surface area contributed by atoms with Crippen LogP contribution in [0.25, 0.3) is 0 Å². The normalized spacial score (nSPS) is 18.4. The van der Waals surface area contributed by atoms with E-state index in [-0.39, 0.29) is 5.92 Å². The van der Waals surface area contributed by atoms with Gasteiger partial charge in [-0.1, -0.05) is 32.1 Å². The molecule has 1 heterocycles. The lowest BCUT2D eigenvalue weighted by Gasteiger charge is -2.18. The number of aromatic nitrogens is 1. The zero-order chi connectivity index (χ0) is 12.1. The van der Waals surface area contributed by atoms with Crippen molar-refractivity contribution in [3.63, 3.8) is 0 Å². The van der Waals surface area contributed by atoms with Gasteiger partial charge in [-0.3, -0.25) is 9.78 Å². The summed E-state index contributed by atoms with van der Waals surface area (Å²) in [6.45, 7) is 1.99. The van der Waals surface area contributed by atoms with Gasteiger partial charge in [-0.2, -0.15) is 0 Å². The average molecular weight is 231 g/mol. The summed E-state index contributed by atoms with van der Waals surface area (Å²) >= 11 is 0. The Kier molecular flexibility index (Phi) is 4.29. The van der Waals surface area contributed by atoms with Crippen LogP contribution in [0.15, 0.2) is 18.5 Å². The molecule has 1 fully saturated rings. The van der Waals surface area contributed by atoms with Crippen molar-refractivity contribution in [3.8, 4) is 0 Å². The smallest absolute Gasteiger partial charge is 0.167 e. The van der Waals surface area contributed by atoms with E-state index in [4.69, 9.17) is 0 Å². The molecule has 1 saturated carbocycles. The first-order valence-electron chi connectivity index (χ1n) is 6.73. The number of nitrogens with zero attached hydrogens (tertiary/aromatic N) is 1. The van der Waals surface area contributed by atoms with Crippen molar-refractivity contribution >= 4 is 5.78 Å². The van der Waals surface area contributed by atoms with Gasteiger partial charge >= 0.3 is 0 Å². The first-order chi connectivity index (χ1) is 8.27. The number of hydrogen-bond donors (Lipinski definition) is 0. The van der Waals surface area contributed by atoms with Crippen LogP contribution in [0, 0.1) is 12.8 Å². The molecule has 92 valence electrons. The quantitative estimate of drug-likeness (QED) is 0.722. The molecule has 0 bridgehead atoms. The van der Waals surface area contributed by atoms with Gasteiger partial charge in [0, 0.05) is 23.9 Å². The topological polar surface area (TPSA) is 30.0 Å². The van der Waals surface area contributed by atoms with Gasteiger partial charge in [0.2, 0.25) is 0 Å². The van der Waals surface area contributed by atoms with Crippen molar-refractivity contribution in [2.24, 2.45) is 5.92 Å². The lowest BCUT2D eigenvalue weighted by Crippen LogP contribution is -2.16. The molecule has 0 amide bonds. The second kappa shape index (κ2) is 5.95. The molecule has 2 nitrogen and oxygen atoms in total. The highest BCUT2D eigenvalue weighted by atomic mass is 16.1. The van der Waals surface area contributed by atoms with Crippen molar-refractivity contribution in [3.05, 3.63) is 29.6 Å². The molecule has 1 aromatic heterocycles. The summed E-state index contributed by atoms with van der Waals surface area (Å²) in [7, 11) is 0. The van der Waals surface area contributed by atoms with Crippen molar-refractivity contribution < 1.29 is 4.79 Å². The fraction of sp³-hybridized carbons (Fsp3) is 0.600. The number of carbonyl (C=O) groups is 1. The van der Waals surface area contributed by atoms with Crippen LogP contribution in [0.3, 0.4) is 0 Å². The molecule has 1 aliphatic carbocycles. The molecule has 0 spiro atoms. The molecule has 1 aromatic rings. The molecule has 2 heteroatoms. The molecule has 0 radical (unpaired) electrons. The molecule has 17 heavy (non-hydrogen) atoms. The van der Waals surface area contributed by atoms with Crippen molar-refractivity contribution in [2.75, 3.05) is 0 Å². The Bertz CT molecular complexity index is 378. The van der Waals surface area contributed by atoms with E-state index in [1.165, 1.54) is 32.1 Å². The van der Waals surface area contributed by atoms with Gasteiger partial charge in [0.15, 0.2) is 5.78 Å². The summed E-state index contributed by atoms with van der Waals surface area (Å²) in [6, 6.07) is 1.97. The second-order valence-electron chi connectivity index (χ2n) is 5.16. The number of rotatable bonds is 2. The Labute approximate surface area is 103 Å². The largest absolute Gasteiger partial charge is 0.294 e. The van der Waals surface area contributed by atoms with E-state index in [1.54, 1.807) is 12.4 Å². The molecule has 1 aliphatic rings. The lowest BCUT2D eigenvalue weighted by atomic mass is 9.86. The number of hydrogen-bond acceptors (Lipinski definition) is 2. The Morgan fingerprint density at radius 2 is 1.76 bits per heavy atom. The van der Waals surface area contributed by atoms with Gasteiger partial charge in [-0.05, 0) is 31.4 Å². The van der Waals surface area contributed by atoms with Crippen LogP contribution in [0.1, 0.15) is 60.9 Å². The molecule has 0 atom stereocenters. The van der Waals surface area contributed by atoms with Crippen LogP contribution < -0.4 is 0 Å². The molecular formula is C15H21NO. The van der Waals surface area contributed by atoms with Crippen LogP contribution in [0.5, 0.6) is 0 Å². The summed E-state index contributed by atoms with van der Waals surface area (Å²) in [4.78, 5) is 16.5. The maximum atomic E-state index is 12.4. The number of aryl methyl sites for hydroxylation is 1. The first-order valence-corrected chi connectivity index (χ1v) is 6.73. The second-order valence-corrected chi connectivity index (χ2v) is 5.16. The van der Waals surface area contributed by atoms with Crippen LogP contribution in [0.2, 0.25) is 0 Å². The van der Waals surface area contributed by atoms with Crippen molar-refractivity contribution in [1.29, 1.82) is 0 Å². The van der Waals surface area contributed by atoms with Gasteiger partial charge in [-0.15, -0.1) is 0 Å². The molecule has 0 unspecified atom stereocenters. The first kappa shape index (κ1) is 12.3. The SMILES string of the molecule is Cc1cncc(C(=O)C2CCCCCCC2)c1. The highest BCUT2D eigenvalue weighted by molar-refractivity contribution is 5.97. The zero-order valence-electron chi connectivity index (χ0n) is 10.6. The van der Waals surface area contributed by atoms with Crippen LogP contribution >= 0.6 is 0 Å². The van der Waals surface area contributed by atoms with Crippen molar-refractivity contribution in [2.45, 2.75) is 51.9 Å². The summed E-state index contributed by atoms with van der Waals surface area (Å²) in [5.41, 5.74) is 1.87. The average Bonchev–Trinajstić information content (AvgIpc) is 2.28. The minimum Gasteiger partial charge on any atom is -0.294 e. The number of carbonyl (C=O) groups excluding carboxylic acids is 1. The van der Waals surface area contributed by atoms with Gasteiger partial charge in [0.05, 0.1) is 0 Å². The third kappa shape index (κ3) is 3.39. The molecule has 0 aliphatic heterocycles.